The molecule has 320 valence electrons. The van der Waals surface area contributed by atoms with Crippen LogP contribution in [-0.4, -0.2) is 133 Å². The number of nitrogens with one attached hydrogen (secondary N) is 3. The summed E-state index contributed by atoms with van der Waals surface area (Å²) < 4.78 is 18.7. The van der Waals surface area contributed by atoms with Crippen molar-refractivity contribution in [3.63, 3.8) is 0 Å². The van der Waals surface area contributed by atoms with Crippen LogP contribution in [0.2, 0.25) is 5.02 Å². The average molecular weight is 867 g/mol. The quantitative estimate of drug-likeness (QED) is 0.135. The Kier molecular flexibility index (Phi) is 11.4. The Labute approximate surface area is 361 Å². The molecule has 5 aliphatic rings. The standard InChI is InChI=1S/C44H52ClN10O5P/c1-60-38-23-31(9-11-35(38)48-44-46-24-34(45)41(50-44)47-36-6-4-5-7-39(36)61(2,3)59)51-16-14-29(15-17-51)52-18-20-53(21-19-52)32-26-54(27-32)30-8-10-33-28(22-30)25-55(43(33)58)37-12-13-40(56)49-42(37)57/h4-11,22-24,29,32,37H,12-21,25-27H2,1-3H3,(H,49,56,57)(H2,46,47,48,50). The van der Waals surface area contributed by atoms with Gasteiger partial charge in [0.05, 0.1) is 24.7 Å². The van der Waals surface area contributed by atoms with E-state index in [1.807, 2.05) is 42.5 Å². The molecule has 0 aliphatic carbocycles. The molecule has 0 radical (unpaired) electrons. The van der Waals surface area contributed by atoms with E-state index in [0.29, 0.717) is 58.8 Å². The maximum Gasteiger partial charge on any atom is 0.255 e. The van der Waals surface area contributed by atoms with E-state index in [2.05, 4.69) is 63.7 Å². The third kappa shape index (κ3) is 8.53. The summed E-state index contributed by atoms with van der Waals surface area (Å²) in [5.41, 5.74) is 5.25. The zero-order valence-electron chi connectivity index (χ0n) is 34.8. The Bertz CT molecular complexity index is 2390. The van der Waals surface area contributed by atoms with Crippen molar-refractivity contribution < 1.29 is 23.7 Å². The Morgan fingerprint density at radius 2 is 1.52 bits per heavy atom. The van der Waals surface area contributed by atoms with Crippen LogP contribution in [-0.2, 0) is 20.7 Å². The number of para-hydroxylation sites is 1. The molecule has 1 atom stereocenters. The molecule has 4 saturated heterocycles. The maximum atomic E-state index is 13.1. The van der Waals surface area contributed by atoms with Crippen LogP contribution in [0.5, 0.6) is 5.75 Å². The number of benzene rings is 3. The van der Waals surface area contributed by atoms with Gasteiger partial charge in [-0.05, 0) is 80.6 Å². The van der Waals surface area contributed by atoms with Crippen LogP contribution in [0, 0.1) is 0 Å². The summed E-state index contributed by atoms with van der Waals surface area (Å²) in [5, 5.41) is 9.99. The van der Waals surface area contributed by atoms with Crippen molar-refractivity contribution in [2.45, 2.75) is 50.4 Å². The van der Waals surface area contributed by atoms with Gasteiger partial charge in [-0.2, -0.15) is 4.98 Å². The summed E-state index contributed by atoms with van der Waals surface area (Å²) in [4.78, 5) is 58.0. The van der Waals surface area contributed by atoms with Crippen LogP contribution in [0.25, 0.3) is 0 Å². The highest BCUT2D eigenvalue weighted by atomic mass is 35.5. The van der Waals surface area contributed by atoms with E-state index in [4.69, 9.17) is 16.3 Å². The number of amides is 3. The van der Waals surface area contributed by atoms with Gasteiger partial charge in [0.15, 0.2) is 5.82 Å². The van der Waals surface area contributed by atoms with Crippen molar-refractivity contribution in [1.82, 2.24) is 30.0 Å². The highest BCUT2D eigenvalue weighted by Crippen LogP contribution is 2.39. The highest BCUT2D eigenvalue weighted by molar-refractivity contribution is 7.70. The molecular weight excluding hydrogens is 815 g/mol. The summed E-state index contributed by atoms with van der Waals surface area (Å²) in [7, 11) is -0.885. The van der Waals surface area contributed by atoms with Crippen molar-refractivity contribution in [2.75, 3.05) is 93.2 Å². The number of hydrogen-bond acceptors (Lipinski definition) is 13. The fourth-order valence-corrected chi connectivity index (χ4v) is 10.7. The summed E-state index contributed by atoms with van der Waals surface area (Å²) in [6.45, 7) is 12.0. The van der Waals surface area contributed by atoms with Crippen LogP contribution in [0.3, 0.4) is 0 Å². The fraction of sp³-hybridized carbons (Fsp3) is 0.432. The molecule has 3 N–H and O–H groups in total. The number of carbonyl (C=O) groups excluding carboxylic acids is 3. The normalized spacial score (nSPS) is 20.7. The topological polar surface area (TPSA) is 156 Å². The number of piperazine rings is 1. The van der Waals surface area contributed by atoms with Crippen molar-refractivity contribution in [1.29, 1.82) is 0 Å². The summed E-state index contributed by atoms with van der Waals surface area (Å²) in [5.74, 6) is 0.650. The van der Waals surface area contributed by atoms with E-state index in [0.717, 1.165) is 93.1 Å². The van der Waals surface area contributed by atoms with Gasteiger partial charge in [0.2, 0.25) is 17.8 Å². The van der Waals surface area contributed by atoms with Crippen LogP contribution < -0.4 is 35.8 Å². The summed E-state index contributed by atoms with van der Waals surface area (Å²) in [6, 6.07) is 20.1. The van der Waals surface area contributed by atoms with Gasteiger partial charge in [0, 0.05) is 106 Å². The Morgan fingerprint density at radius 1 is 0.820 bits per heavy atom. The molecule has 61 heavy (non-hydrogen) atoms. The van der Waals surface area contributed by atoms with Crippen LogP contribution >= 0.6 is 18.7 Å². The number of carbonyl (C=O) groups is 3. The maximum absolute atomic E-state index is 13.1. The smallest absolute Gasteiger partial charge is 0.255 e. The van der Waals surface area contributed by atoms with Gasteiger partial charge >= 0.3 is 0 Å². The summed E-state index contributed by atoms with van der Waals surface area (Å²) in [6.07, 6.45) is 4.36. The van der Waals surface area contributed by atoms with Gasteiger partial charge in [-0.15, -0.1) is 0 Å². The summed E-state index contributed by atoms with van der Waals surface area (Å²) >= 11 is 6.49. The molecule has 3 amide bonds. The van der Waals surface area contributed by atoms with E-state index >= 15 is 0 Å². The number of fused-ring (bicyclic) bond motifs is 1. The fourth-order valence-electron chi connectivity index (χ4n) is 9.40. The monoisotopic (exact) mass is 866 g/mol. The molecule has 3 aromatic carbocycles. The first-order valence-electron chi connectivity index (χ1n) is 21.1. The first-order chi connectivity index (χ1) is 29.4. The lowest BCUT2D eigenvalue weighted by atomic mass is 9.99. The number of halogens is 1. The van der Waals surface area contributed by atoms with Crippen molar-refractivity contribution in [3.05, 3.63) is 83.0 Å². The second-order valence-electron chi connectivity index (χ2n) is 17.0. The molecule has 6 heterocycles. The molecule has 9 rings (SSSR count). The van der Waals surface area contributed by atoms with Gasteiger partial charge in [-0.25, -0.2) is 4.98 Å². The van der Waals surface area contributed by atoms with Crippen molar-refractivity contribution in [2.24, 2.45) is 0 Å². The van der Waals surface area contributed by atoms with Gasteiger partial charge in [0.25, 0.3) is 5.91 Å². The van der Waals surface area contributed by atoms with E-state index < -0.39 is 13.2 Å². The molecule has 5 aliphatic heterocycles. The number of anilines is 6. The first-order valence-corrected chi connectivity index (χ1v) is 24.0. The number of hydrogen-bond donors (Lipinski definition) is 3. The third-order valence-electron chi connectivity index (χ3n) is 12.9. The zero-order chi connectivity index (χ0) is 42.4. The van der Waals surface area contributed by atoms with Gasteiger partial charge in [-0.1, -0.05) is 23.7 Å². The number of rotatable bonds is 11. The number of methoxy groups -OCH3 is 1. The van der Waals surface area contributed by atoms with Crippen LogP contribution in [0.4, 0.5) is 34.5 Å². The Morgan fingerprint density at radius 3 is 2.25 bits per heavy atom. The molecule has 0 bridgehead atoms. The number of nitrogens with zero attached hydrogens (tertiary/aromatic N) is 7. The predicted molar refractivity (Wildman–Crippen MR) is 239 cm³/mol. The lowest BCUT2D eigenvalue weighted by Gasteiger charge is -2.50. The van der Waals surface area contributed by atoms with Crippen molar-refractivity contribution >= 4 is 76.3 Å². The molecule has 17 heteroatoms. The zero-order valence-corrected chi connectivity index (χ0v) is 36.4. The Balaban J connectivity index is 0.742. The minimum Gasteiger partial charge on any atom is -0.494 e. The molecule has 1 aromatic heterocycles. The number of piperidine rings is 2. The minimum atomic E-state index is -2.55. The van der Waals surface area contributed by atoms with Gasteiger partial charge in [0.1, 0.15) is 24.0 Å². The molecular formula is C44H52ClN10O5P. The van der Waals surface area contributed by atoms with E-state index in [1.165, 1.54) is 6.20 Å². The molecule has 0 saturated carbocycles. The lowest BCUT2D eigenvalue weighted by molar-refractivity contribution is -0.136. The largest absolute Gasteiger partial charge is 0.494 e. The Hall–Kier alpha value is -5.21. The third-order valence-corrected chi connectivity index (χ3v) is 14.7. The molecule has 4 fully saturated rings. The SMILES string of the molecule is COc1cc(N2CCC(N3CCN(C4CN(c5ccc6c(c5)CN(C5CCC(=O)NC5=O)C6=O)C4)CC3)CC2)ccc1Nc1ncc(Cl)c(Nc2ccccc2P(C)(C)=O)n1. The molecule has 15 nitrogen and oxygen atoms in total. The molecule has 1 unspecified atom stereocenters. The van der Waals surface area contributed by atoms with E-state index in [1.54, 1.807) is 25.3 Å². The number of aromatic nitrogens is 2. The second-order valence-corrected chi connectivity index (χ2v) is 20.6. The predicted octanol–water partition coefficient (Wildman–Crippen LogP) is 5.11. The average Bonchev–Trinajstić information content (AvgIpc) is 3.56. The second kappa shape index (κ2) is 16.9. The van der Waals surface area contributed by atoms with E-state index in [-0.39, 0.29) is 24.1 Å². The molecule has 0 spiro atoms. The highest BCUT2D eigenvalue weighted by Gasteiger charge is 2.40. The number of imide groups is 1. The number of ether oxygens (including phenoxy) is 1. The van der Waals surface area contributed by atoms with Gasteiger partial charge in [-0.3, -0.25) is 29.5 Å². The lowest BCUT2D eigenvalue weighted by Crippen LogP contribution is -2.64. The minimum absolute atomic E-state index is 0.134. The molecule has 4 aromatic rings. The first kappa shape index (κ1) is 41.2. The van der Waals surface area contributed by atoms with Gasteiger partial charge < -0.3 is 34.6 Å². The van der Waals surface area contributed by atoms with Crippen LogP contribution in [0.1, 0.15) is 41.6 Å². The van der Waals surface area contributed by atoms with E-state index in [9.17, 15) is 18.9 Å². The van der Waals surface area contributed by atoms with Crippen LogP contribution in [0.15, 0.2) is 66.9 Å². The van der Waals surface area contributed by atoms with Crippen molar-refractivity contribution in [3.8, 4) is 5.75 Å².